The lowest BCUT2D eigenvalue weighted by Crippen LogP contribution is -2.33. The average Bonchev–Trinajstić information content (AvgIpc) is 2.30. The molecule has 0 saturated heterocycles. The van der Waals surface area contributed by atoms with E-state index in [9.17, 15) is 0 Å². The second-order valence-corrected chi connectivity index (χ2v) is 3.54. The van der Waals surface area contributed by atoms with E-state index in [0.717, 1.165) is 12.3 Å². The van der Waals surface area contributed by atoms with Gasteiger partial charge in [-0.25, -0.2) is 0 Å². The fourth-order valence-electron chi connectivity index (χ4n) is 1.37. The Morgan fingerprint density at radius 2 is 1.94 bits per heavy atom. The lowest BCUT2D eigenvalue weighted by molar-refractivity contribution is 0.414. The summed E-state index contributed by atoms with van der Waals surface area (Å²) in [5.41, 5.74) is 6.96. The molecule has 96 valence electrons. The number of nitrogens with two attached hydrogens (primary N) is 1. The summed E-state index contributed by atoms with van der Waals surface area (Å²) in [6.07, 6.45) is 0. The first-order valence-electron chi connectivity index (χ1n) is 5.31. The third kappa shape index (κ3) is 5.25. The van der Waals surface area contributed by atoms with Crippen LogP contribution in [-0.2, 0) is 6.54 Å². The second kappa shape index (κ2) is 8.16. The molecule has 1 rings (SSSR count). The van der Waals surface area contributed by atoms with E-state index >= 15 is 0 Å². The van der Waals surface area contributed by atoms with Gasteiger partial charge >= 0.3 is 0 Å². The van der Waals surface area contributed by atoms with E-state index in [1.165, 1.54) is 5.56 Å². The first-order chi connectivity index (χ1) is 7.67. The van der Waals surface area contributed by atoms with Crippen molar-refractivity contribution in [1.82, 2.24) is 4.90 Å². The second-order valence-electron chi connectivity index (χ2n) is 3.54. The monoisotopic (exact) mass is 349 g/mol. The molecule has 5 heteroatoms. The summed E-state index contributed by atoms with van der Waals surface area (Å²) in [6, 6.07) is 7.93. The number of guanidine groups is 1. The highest BCUT2D eigenvalue weighted by Crippen LogP contribution is 2.12. The number of benzene rings is 1. The van der Waals surface area contributed by atoms with E-state index in [2.05, 4.69) is 4.99 Å². The van der Waals surface area contributed by atoms with Gasteiger partial charge in [0.2, 0.25) is 0 Å². The molecule has 1 aromatic carbocycles. The number of hydrogen-bond donors (Lipinski definition) is 1. The summed E-state index contributed by atoms with van der Waals surface area (Å²) in [4.78, 5) is 6.07. The minimum absolute atomic E-state index is 0. The maximum Gasteiger partial charge on any atom is 0.191 e. The topological polar surface area (TPSA) is 50.8 Å². The van der Waals surface area contributed by atoms with Gasteiger partial charge in [0, 0.05) is 20.1 Å². The summed E-state index contributed by atoms with van der Waals surface area (Å²) in [7, 11) is 3.59. The quantitative estimate of drug-likeness (QED) is 0.515. The van der Waals surface area contributed by atoms with Gasteiger partial charge in [0.05, 0.1) is 7.11 Å². The molecular weight excluding hydrogens is 329 g/mol. The molecule has 0 amide bonds. The van der Waals surface area contributed by atoms with Crippen LogP contribution in [0.5, 0.6) is 5.75 Å². The maximum absolute atomic E-state index is 5.78. The molecule has 4 nitrogen and oxygen atoms in total. The molecule has 0 fully saturated rings. The summed E-state index contributed by atoms with van der Waals surface area (Å²) in [6.45, 7) is 3.42. The van der Waals surface area contributed by atoms with Crippen LogP contribution in [0, 0.1) is 0 Å². The van der Waals surface area contributed by atoms with Crippen molar-refractivity contribution in [3.8, 4) is 5.75 Å². The number of rotatable bonds is 4. The molecule has 0 aromatic heterocycles. The van der Waals surface area contributed by atoms with E-state index in [0.29, 0.717) is 12.5 Å². The Morgan fingerprint density at radius 1 is 1.35 bits per heavy atom. The van der Waals surface area contributed by atoms with Crippen molar-refractivity contribution in [3.05, 3.63) is 29.8 Å². The minimum atomic E-state index is 0. The van der Waals surface area contributed by atoms with Crippen LogP contribution in [0.25, 0.3) is 0 Å². The van der Waals surface area contributed by atoms with Crippen molar-refractivity contribution in [2.24, 2.45) is 10.7 Å². The van der Waals surface area contributed by atoms with Crippen LogP contribution in [0.4, 0.5) is 0 Å². The maximum atomic E-state index is 5.78. The van der Waals surface area contributed by atoms with Gasteiger partial charge in [-0.15, -0.1) is 24.0 Å². The number of aliphatic imine (C=N–C) groups is 1. The molecule has 0 unspecified atom stereocenters. The standard InChI is InChI=1S/C12H19N3O.HI/c1-4-14-12(13)15(2)9-10-5-7-11(16-3)8-6-10;/h5-8H,4,9H2,1-3H3,(H2,13,14);1H. The van der Waals surface area contributed by atoms with Crippen LogP contribution in [0.1, 0.15) is 12.5 Å². The minimum Gasteiger partial charge on any atom is -0.497 e. The summed E-state index contributed by atoms with van der Waals surface area (Å²) >= 11 is 0. The van der Waals surface area contributed by atoms with E-state index in [4.69, 9.17) is 10.5 Å². The Bertz CT molecular complexity index is 351. The van der Waals surface area contributed by atoms with E-state index in [1.807, 2.05) is 43.1 Å². The number of methoxy groups -OCH3 is 1. The number of nitrogens with zero attached hydrogens (tertiary/aromatic N) is 2. The highest BCUT2D eigenvalue weighted by molar-refractivity contribution is 14.0. The van der Waals surface area contributed by atoms with Crippen LogP contribution in [0.3, 0.4) is 0 Å². The smallest absolute Gasteiger partial charge is 0.191 e. The Kier molecular flexibility index (Phi) is 7.69. The van der Waals surface area contributed by atoms with Gasteiger partial charge in [-0.05, 0) is 24.6 Å². The molecule has 2 N–H and O–H groups in total. The van der Waals surface area contributed by atoms with Crippen LogP contribution in [0.15, 0.2) is 29.3 Å². The fourth-order valence-corrected chi connectivity index (χ4v) is 1.37. The van der Waals surface area contributed by atoms with Crippen molar-refractivity contribution < 1.29 is 4.74 Å². The normalized spacial score (nSPS) is 10.6. The van der Waals surface area contributed by atoms with Crippen LogP contribution in [0.2, 0.25) is 0 Å². The molecule has 0 bridgehead atoms. The Balaban J connectivity index is 0.00000256. The lowest BCUT2D eigenvalue weighted by atomic mass is 10.2. The number of hydrogen-bond acceptors (Lipinski definition) is 2. The number of halogens is 1. The zero-order valence-corrected chi connectivity index (χ0v) is 12.8. The Labute approximate surface area is 120 Å². The van der Waals surface area contributed by atoms with Gasteiger partial charge < -0.3 is 15.4 Å². The molecule has 17 heavy (non-hydrogen) atoms. The molecule has 1 aromatic rings. The van der Waals surface area contributed by atoms with Crippen molar-refractivity contribution in [2.45, 2.75) is 13.5 Å². The summed E-state index contributed by atoms with van der Waals surface area (Å²) in [5.74, 6) is 1.43. The molecule has 0 aliphatic heterocycles. The van der Waals surface area contributed by atoms with E-state index in [1.54, 1.807) is 7.11 Å². The van der Waals surface area contributed by atoms with Gasteiger partial charge in [-0.2, -0.15) is 0 Å². The molecule has 0 atom stereocenters. The van der Waals surface area contributed by atoms with Gasteiger partial charge in [0.25, 0.3) is 0 Å². The first kappa shape index (κ1) is 16.0. The zero-order chi connectivity index (χ0) is 12.0. The summed E-state index contributed by atoms with van der Waals surface area (Å²) in [5, 5.41) is 0. The lowest BCUT2D eigenvalue weighted by Gasteiger charge is -2.18. The van der Waals surface area contributed by atoms with Crippen molar-refractivity contribution in [1.29, 1.82) is 0 Å². The van der Waals surface area contributed by atoms with Gasteiger partial charge in [0.1, 0.15) is 5.75 Å². The molecule has 0 radical (unpaired) electrons. The zero-order valence-electron chi connectivity index (χ0n) is 10.5. The molecule has 0 aliphatic rings. The molecule has 0 aliphatic carbocycles. The highest BCUT2D eigenvalue weighted by atomic mass is 127. The first-order valence-corrected chi connectivity index (χ1v) is 5.31. The van der Waals surface area contributed by atoms with Crippen LogP contribution in [-0.4, -0.2) is 31.6 Å². The highest BCUT2D eigenvalue weighted by Gasteiger charge is 2.02. The predicted octanol–water partition coefficient (Wildman–Crippen LogP) is 2.08. The SMILES string of the molecule is CCN=C(N)N(C)Cc1ccc(OC)cc1.I. The van der Waals surface area contributed by atoms with Crippen molar-refractivity contribution in [2.75, 3.05) is 20.7 Å². The van der Waals surface area contributed by atoms with Crippen LogP contribution < -0.4 is 10.5 Å². The predicted molar refractivity (Wildman–Crippen MR) is 82.0 cm³/mol. The average molecular weight is 349 g/mol. The molecule has 0 saturated carbocycles. The Morgan fingerprint density at radius 3 is 2.41 bits per heavy atom. The largest absolute Gasteiger partial charge is 0.497 e. The van der Waals surface area contributed by atoms with Crippen molar-refractivity contribution in [3.63, 3.8) is 0 Å². The third-order valence-corrected chi connectivity index (χ3v) is 2.29. The van der Waals surface area contributed by atoms with Gasteiger partial charge in [-0.1, -0.05) is 12.1 Å². The van der Waals surface area contributed by atoms with Gasteiger partial charge in [-0.3, -0.25) is 4.99 Å². The third-order valence-electron chi connectivity index (χ3n) is 2.29. The molecule has 0 spiro atoms. The summed E-state index contributed by atoms with van der Waals surface area (Å²) < 4.78 is 5.10. The molecule has 0 heterocycles. The number of ether oxygens (including phenoxy) is 1. The van der Waals surface area contributed by atoms with Crippen LogP contribution >= 0.6 is 24.0 Å². The van der Waals surface area contributed by atoms with E-state index < -0.39 is 0 Å². The molecular formula is C12H20IN3O. The Hall–Kier alpha value is -0.980. The van der Waals surface area contributed by atoms with Gasteiger partial charge in [0.15, 0.2) is 5.96 Å². The fraction of sp³-hybridized carbons (Fsp3) is 0.417. The van der Waals surface area contributed by atoms with Crippen molar-refractivity contribution >= 4 is 29.9 Å². The van der Waals surface area contributed by atoms with E-state index in [-0.39, 0.29) is 24.0 Å².